The fraction of sp³-hybridized carbons (Fsp3) is 0. The smallest absolute Gasteiger partial charge is 0.171 e. The van der Waals surface area contributed by atoms with Crippen LogP contribution in [0.3, 0.4) is 0 Å². The number of benzene rings is 6. The topological polar surface area (TPSA) is 59.9 Å². The van der Waals surface area contributed by atoms with Crippen molar-refractivity contribution in [2.75, 3.05) is 0 Å². The highest BCUT2D eigenvalue weighted by molar-refractivity contribution is 7.86. The molecule has 0 saturated carbocycles. The Balaban J connectivity index is 1.42. The van der Waals surface area contributed by atoms with Crippen molar-refractivity contribution in [1.82, 2.24) is 9.97 Å². The van der Waals surface area contributed by atoms with Crippen LogP contribution in [0.1, 0.15) is 0 Å². The highest BCUT2D eigenvalue weighted by Gasteiger charge is 2.35. The minimum absolute atomic E-state index is 0.725. The van der Waals surface area contributed by atoms with Gasteiger partial charge in [-0.1, -0.05) is 146 Å². The van der Waals surface area contributed by atoms with Crippen molar-refractivity contribution in [2.24, 2.45) is 0 Å². The molecule has 0 N–H and O–H groups in total. The van der Waals surface area contributed by atoms with E-state index in [1.54, 1.807) is 24.8 Å². The van der Waals surface area contributed by atoms with Crippen molar-refractivity contribution < 1.29 is 9.13 Å². The molecule has 0 aliphatic rings. The van der Waals surface area contributed by atoms with Crippen molar-refractivity contribution in [3.05, 3.63) is 207 Å². The number of nitrogens with zero attached hydrogens (tertiary/aromatic N) is 2. The van der Waals surface area contributed by atoms with E-state index in [-0.39, 0.29) is 0 Å². The molecular formula is C46H34N2O2P2. The second-order valence-electron chi connectivity index (χ2n) is 12.5. The van der Waals surface area contributed by atoms with E-state index in [1.807, 2.05) is 146 Å². The van der Waals surface area contributed by atoms with Crippen molar-refractivity contribution in [3.8, 4) is 33.4 Å². The van der Waals surface area contributed by atoms with Gasteiger partial charge in [0, 0.05) is 56.6 Å². The Kier molecular flexibility index (Phi) is 9.18. The first-order chi connectivity index (χ1) is 25.6. The number of rotatable bonds is 9. The lowest BCUT2D eigenvalue weighted by Crippen LogP contribution is -2.27. The van der Waals surface area contributed by atoms with Crippen molar-refractivity contribution in [2.45, 2.75) is 0 Å². The van der Waals surface area contributed by atoms with Gasteiger partial charge >= 0.3 is 0 Å². The summed E-state index contributed by atoms with van der Waals surface area (Å²) in [6.07, 6.45) is 7.05. The molecule has 2 aromatic heterocycles. The third-order valence-corrected chi connectivity index (χ3v) is 15.7. The molecule has 4 nitrogen and oxygen atoms in total. The van der Waals surface area contributed by atoms with Crippen LogP contribution in [-0.2, 0) is 9.13 Å². The summed E-state index contributed by atoms with van der Waals surface area (Å²) < 4.78 is 31.9. The first-order valence-electron chi connectivity index (χ1n) is 17.1. The van der Waals surface area contributed by atoms with Crippen molar-refractivity contribution >= 4 is 46.1 Å². The molecule has 0 bridgehead atoms. The van der Waals surface area contributed by atoms with Crippen LogP contribution in [0.2, 0.25) is 0 Å². The number of hydrogen-bond acceptors (Lipinski definition) is 4. The second-order valence-corrected chi connectivity index (χ2v) is 18.0. The summed E-state index contributed by atoms with van der Waals surface area (Å²) in [4.78, 5) is 8.52. The molecule has 0 fully saturated rings. The van der Waals surface area contributed by atoms with Gasteiger partial charge in [-0.05, 0) is 69.8 Å². The molecule has 6 aromatic carbocycles. The van der Waals surface area contributed by atoms with E-state index < -0.39 is 14.3 Å². The zero-order valence-electron chi connectivity index (χ0n) is 28.2. The molecule has 2 heterocycles. The van der Waals surface area contributed by atoms with E-state index >= 15 is 9.13 Å². The van der Waals surface area contributed by atoms with Crippen LogP contribution < -0.4 is 31.8 Å². The van der Waals surface area contributed by atoms with E-state index in [2.05, 4.69) is 46.4 Å². The van der Waals surface area contributed by atoms with E-state index in [0.29, 0.717) is 0 Å². The van der Waals surface area contributed by atoms with E-state index in [1.165, 1.54) is 0 Å². The molecule has 0 unspecified atom stereocenters. The molecule has 0 radical (unpaired) electrons. The number of pyridine rings is 2. The highest BCUT2D eigenvalue weighted by atomic mass is 31.2. The first-order valence-corrected chi connectivity index (χ1v) is 20.5. The quantitative estimate of drug-likeness (QED) is 0.141. The number of hydrogen-bond donors (Lipinski definition) is 0. The van der Waals surface area contributed by atoms with Crippen molar-refractivity contribution in [3.63, 3.8) is 0 Å². The van der Waals surface area contributed by atoms with Gasteiger partial charge in [0.15, 0.2) is 14.3 Å². The Morgan fingerprint density at radius 1 is 0.308 bits per heavy atom. The summed E-state index contributed by atoms with van der Waals surface area (Å²) in [5.41, 5.74) is 5.33. The Morgan fingerprint density at radius 3 is 0.885 bits per heavy atom. The summed E-state index contributed by atoms with van der Waals surface area (Å²) in [5, 5.41) is 4.45. The van der Waals surface area contributed by atoms with Gasteiger partial charge in [0.25, 0.3) is 0 Å². The van der Waals surface area contributed by atoms with Crippen LogP contribution in [0.5, 0.6) is 0 Å². The molecule has 8 aromatic rings. The van der Waals surface area contributed by atoms with E-state index in [9.17, 15) is 0 Å². The van der Waals surface area contributed by atoms with Crippen LogP contribution in [0, 0.1) is 0 Å². The van der Waals surface area contributed by atoms with Crippen LogP contribution in [0.15, 0.2) is 207 Å². The standard InChI is InChI=1S/C46H34N2O2P2/c49-51(39-13-5-1-6-14-39,40-15-7-2-8-16-40)45-33-37(21-23-43(45)35-25-29-47-30-26-35)38-22-24-44(36-27-31-48-32-28-36)46(34-38)52(50,41-17-9-3-10-18-41)42-19-11-4-12-20-42/h1-34H. The van der Waals surface area contributed by atoms with Gasteiger partial charge in [-0.2, -0.15) is 0 Å². The van der Waals surface area contributed by atoms with Gasteiger partial charge in [-0.3, -0.25) is 9.97 Å². The Morgan fingerprint density at radius 2 is 0.596 bits per heavy atom. The second kappa shape index (κ2) is 14.4. The molecular weight excluding hydrogens is 674 g/mol. The predicted molar refractivity (Wildman–Crippen MR) is 217 cm³/mol. The monoisotopic (exact) mass is 708 g/mol. The zero-order valence-corrected chi connectivity index (χ0v) is 30.0. The minimum atomic E-state index is -3.41. The summed E-state index contributed by atoms with van der Waals surface area (Å²) in [6.45, 7) is 0. The molecule has 0 atom stereocenters. The van der Waals surface area contributed by atoms with Crippen LogP contribution >= 0.6 is 14.3 Å². The molecule has 0 saturated heterocycles. The average molecular weight is 709 g/mol. The maximum Gasteiger partial charge on any atom is 0.171 e. The van der Waals surface area contributed by atoms with E-state index in [4.69, 9.17) is 0 Å². The third kappa shape index (κ3) is 6.07. The van der Waals surface area contributed by atoms with Crippen LogP contribution in [0.4, 0.5) is 0 Å². The maximum absolute atomic E-state index is 16.0. The molecule has 6 heteroatoms. The number of aromatic nitrogens is 2. The molecule has 0 aliphatic carbocycles. The molecule has 250 valence electrons. The summed E-state index contributed by atoms with van der Waals surface area (Å²) in [5.74, 6) is 0. The summed E-state index contributed by atoms with van der Waals surface area (Å²) in [6, 6.07) is 59.1. The summed E-state index contributed by atoms with van der Waals surface area (Å²) >= 11 is 0. The van der Waals surface area contributed by atoms with E-state index in [0.717, 1.165) is 65.2 Å². The predicted octanol–water partition coefficient (Wildman–Crippen LogP) is 8.76. The highest BCUT2D eigenvalue weighted by Crippen LogP contribution is 2.48. The lowest BCUT2D eigenvalue weighted by molar-refractivity contribution is 0.591. The van der Waals surface area contributed by atoms with Crippen LogP contribution in [0.25, 0.3) is 33.4 Å². The molecule has 0 aliphatic heterocycles. The van der Waals surface area contributed by atoms with Gasteiger partial charge in [0.05, 0.1) is 0 Å². The SMILES string of the molecule is O=P(c1ccccc1)(c1ccccc1)c1cc(-c2ccc(-c3ccncc3)c(P(=O)(c3ccccc3)c3ccccc3)c2)ccc1-c1ccncc1. The average Bonchev–Trinajstić information content (AvgIpc) is 3.24. The van der Waals surface area contributed by atoms with Gasteiger partial charge in [-0.25, -0.2) is 0 Å². The largest absolute Gasteiger partial charge is 0.309 e. The fourth-order valence-corrected chi connectivity index (χ4v) is 12.7. The molecule has 52 heavy (non-hydrogen) atoms. The molecule has 0 spiro atoms. The molecule has 8 rings (SSSR count). The molecule has 0 amide bonds. The summed E-state index contributed by atoms with van der Waals surface area (Å²) in [7, 11) is -6.81. The minimum Gasteiger partial charge on any atom is -0.309 e. The maximum atomic E-state index is 16.0. The Hall–Kier alpha value is -5.92. The van der Waals surface area contributed by atoms with Crippen molar-refractivity contribution in [1.29, 1.82) is 0 Å². The van der Waals surface area contributed by atoms with Crippen LogP contribution in [-0.4, -0.2) is 9.97 Å². The van der Waals surface area contributed by atoms with Gasteiger partial charge in [0.1, 0.15) is 0 Å². The lowest BCUT2D eigenvalue weighted by atomic mass is 9.98. The van der Waals surface area contributed by atoms with Gasteiger partial charge in [0.2, 0.25) is 0 Å². The lowest BCUT2D eigenvalue weighted by Gasteiger charge is -2.25. The Labute approximate surface area is 304 Å². The van der Waals surface area contributed by atoms with Gasteiger partial charge < -0.3 is 9.13 Å². The third-order valence-electron chi connectivity index (χ3n) is 9.47. The Bertz CT molecular complexity index is 2280. The fourth-order valence-electron chi connectivity index (χ4n) is 6.90. The van der Waals surface area contributed by atoms with Gasteiger partial charge in [-0.15, -0.1) is 0 Å². The zero-order chi connectivity index (χ0) is 35.4. The normalized spacial score (nSPS) is 11.6. The first kappa shape index (κ1) is 33.2.